The highest BCUT2D eigenvalue weighted by molar-refractivity contribution is 6.44. The van der Waals surface area contributed by atoms with E-state index in [1.54, 1.807) is 12.1 Å². The zero-order chi connectivity index (χ0) is 16.6. The minimum Gasteiger partial charge on any atom is -0.318 e. The summed E-state index contributed by atoms with van der Waals surface area (Å²) in [6.45, 7) is 1.85. The van der Waals surface area contributed by atoms with Crippen molar-refractivity contribution >= 4 is 23.2 Å². The molecular formula is C17H14F2N2O2. The summed E-state index contributed by atoms with van der Waals surface area (Å²) in [5.41, 5.74) is 1.72. The summed E-state index contributed by atoms with van der Waals surface area (Å²) in [5.74, 6) is -3.72. The van der Waals surface area contributed by atoms with Crippen molar-refractivity contribution in [2.24, 2.45) is 0 Å². The summed E-state index contributed by atoms with van der Waals surface area (Å²) >= 11 is 0. The fraction of sp³-hybridized carbons (Fsp3) is 0.176. The molecule has 118 valence electrons. The lowest BCUT2D eigenvalue weighted by atomic mass is 10.1. The number of nitrogens with one attached hydrogen (secondary N) is 1. The van der Waals surface area contributed by atoms with Gasteiger partial charge in [-0.05, 0) is 37.1 Å². The van der Waals surface area contributed by atoms with Crippen LogP contribution in [0.2, 0.25) is 0 Å². The summed E-state index contributed by atoms with van der Waals surface area (Å²) < 4.78 is 26.1. The number of fused-ring (bicyclic) bond motifs is 1. The maximum atomic E-state index is 13.2. The van der Waals surface area contributed by atoms with Gasteiger partial charge >= 0.3 is 11.8 Å². The molecule has 0 saturated carbocycles. The van der Waals surface area contributed by atoms with Crippen molar-refractivity contribution in [1.82, 2.24) is 0 Å². The van der Waals surface area contributed by atoms with Crippen LogP contribution in [0.1, 0.15) is 12.5 Å². The van der Waals surface area contributed by atoms with E-state index in [1.807, 2.05) is 19.1 Å². The Kier molecular flexibility index (Phi) is 3.82. The predicted molar refractivity (Wildman–Crippen MR) is 82.1 cm³/mol. The third-order valence-corrected chi connectivity index (χ3v) is 3.80. The molecule has 4 nitrogen and oxygen atoms in total. The zero-order valence-electron chi connectivity index (χ0n) is 12.3. The van der Waals surface area contributed by atoms with Crippen molar-refractivity contribution in [3.63, 3.8) is 0 Å². The van der Waals surface area contributed by atoms with Crippen LogP contribution in [0.3, 0.4) is 0 Å². The SMILES string of the molecule is CC1Cc2ccccc2N1C(=O)C(=O)Nc1ccc(F)c(F)c1. The molecule has 1 aliphatic rings. The number of halogens is 2. The molecule has 1 unspecified atom stereocenters. The topological polar surface area (TPSA) is 49.4 Å². The monoisotopic (exact) mass is 316 g/mol. The maximum absolute atomic E-state index is 13.2. The van der Waals surface area contributed by atoms with Gasteiger partial charge in [0, 0.05) is 23.5 Å². The van der Waals surface area contributed by atoms with E-state index in [9.17, 15) is 18.4 Å². The first-order chi connectivity index (χ1) is 11.0. The average Bonchev–Trinajstić information content (AvgIpc) is 2.86. The molecule has 2 aromatic rings. The molecule has 1 N–H and O–H groups in total. The van der Waals surface area contributed by atoms with Crippen LogP contribution in [-0.4, -0.2) is 17.9 Å². The lowest BCUT2D eigenvalue weighted by Crippen LogP contribution is -2.43. The van der Waals surface area contributed by atoms with E-state index in [2.05, 4.69) is 5.32 Å². The van der Waals surface area contributed by atoms with Gasteiger partial charge in [0.25, 0.3) is 0 Å². The van der Waals surface area contributed by atoms with Gasteiger partial charge in [-0.3, -0.25) is 9.59 Å². The van der Waals surface area contributed by atoms with E-state index in [4.69, 9.17) is 0 Å². The van der Waals surface area contributed by atoms with Gasteiger partial charge in [0.1, 0.15) is 0 Å². The highest BCUT2D eigenvalue weighted by atomic mass is 19.2. The van der Waals surface area contributed by atoms with Crippen LogP contribution in [0.15, 0.2) is 42.5 Å². The van der Waals surface area contributed by atoms with Crippen molar-refractivity contribution in [1.29, 1.82) is 0 Å². The minimum atomic E-state index is -1.09. The largest absolute Gasteiger partial charge is 0.318 e. The summed E-state index contributed by atoms with van der Waals surface area (Å²) in [6, 6.07) is 10.1. The van der Waals surface area contributed by atoms with Gasteiger partial charge in [0.15, 0.2) is 11.6 Å². The highest BCUT2D eigenvalue weighted by Crippen LogP contribution is 2.31. The lowest BCUT2D eigenvalue weighted by molar-refractivity contribution is -0.134. The first-order valence-corrected chi connectivity index (χ1v) is 7.15. The third-order valence-electron chi connectivity index (χ3n) is 3.80. The number of hydrogen-bond donors (Lipinski definition) is 1. The first kappa shape index (κ1) is 15.1. The molecule has 2 aromatic carbocycles. The summed E-state index contributed by atoms with van der Waals surface area (Å²) in [7, 11) is 0. The summed E-state index contributed by atoms with van der Waals surface area (Å²) in [5, 5.41) is 2.30. The molecule has 6 heteroatoms. The van der Waals surface area contributed by atoms with Crippen LogP contribution in [0.4, 0.5) is 20.2 Å². The third kappa shape index (κ3) is 2.79. The average molecular weight is 316 g/mol. The van der Waals surface area contributed by atoms with Crippen LogP contribution in [0.5, 0.6) is 0 Å². The number of hydrogen-bond acceptors (Lipinski definition) is 2. The Bertz CT molecular complexity index is 792. The summed E-state index contributed by atoms with van der Waals surface area (Å²) in [4.78, 5) is 26.0. The normalized spacial score (nSPS) is 16.1. The molecule has 0 aromatic heterocycles. The van der Waals surface area contributed by atoms with E-state index >= 15 is 0 Å². The molecule has 0 bridgehead atoms. The first-order valence-electron chi connectivity index (χ1n) is 7.15. The predicted octanol–water partition coefficient (Wildman–Crippen LogP) is 2.88. The second-order valence-corrected chi connectivity index (χ2v) is 5.44. The van der Waals surface area contributed by atoms with Gasteiger partial charge in [-0.15, -0.1) is 0 Å². The Morgan fingerprint density at radius 1 is 1.13 bits per heavy atom. The molecular weight excluding hydrogens is 302 g/mol. The van der Waals surface area contributed by atoms with Crippen molar-refractivity contribution in [2.45, 2.75) is 19.4 Å². The number of rotatable bonds is 1. The van der Waals surface area contributed by atoms with Gasteiger partial charge in [-0.2, -0.15) is 0 Å². The second kappa shape index (κ2) is 5.79. The van der Waals surface area contributed by atoms with E-state index in [-0.39, 0.29) is 11.7 Å². The second-order valence-electron chi connectivity index (χ2n) is 5.44. The quantitative estimate of drug-likeness (QED) is 0.823. The number of para-hydroxylation sites is 1. The van der Waals surface area contributed by atoms with Gasteiger partial charge in [0.2, 0.25) is 0 Å². The Morgan fingerprint density at radius 3 is 2.61 bits per heavy atom. The van der Waals surface area contributed by atoms with Crippen LogP contribution in [0.25, 0.3) is 0 Å². The van der Waals surface area contributed by atoms with Crippen LogP contribution in [0, 0.1) is 11.6 Å². The molecule has 23 heavy (non-hydrogen) atoms. The van der Waals surface area contributed by atoms with Crippen molar-refractivity contribution in [2.75, 3.05) is 10.2 Å². The van der Waals surface area contributed by atoms with Crippen molar-refractivity contribution in [3.8, 4) is 0 Å². The molecule has 0 fully saturated rings. The molecule has 0 saturated heterocycles. The lowest BCUT2D eigenvalue weighted by Gasteiger charge is -2.22. The minimum absolute atomic E-state index is 0.0300. The van der Waals surface area contributed by atoms with Gasteiger partial charge in [-0.25, -0.2) is 8.78 Å². The Morgan fingerprint density at radius 2 is 1.87 bits per heavy atom. The zero-order valence-corrected chi connectivity index (χ0v) is 12.3. The molecule has 1 atom stereocenters. The molecule has 2 amide bonds. The Hall–Kier alpha value is -2.76. The van der Waals surface area contributed by atoms with E-state index in [0.717, 1.165) is 17.7 Å². The van der Waals surface area contributed by atoms with Crippen LogP contribution in [-0.2, 0) is 16.0 Å². The molecule has 1 aliphatic heterocycles. The number of benzene rings is 2. The highest BCUT2D eigenvalue weighted by Gasteiger charge is 2.34. The number of nitrogens with zero attached hydrogens (tertiary/aromatic N) is 1. The number of carbonyl (C=O) groups is 2. The maximum Gasteiger partial charge on any atom is 0.316 e. The molecule has 3 rings (SSSR count). The van der Waals surface area contributed by atoms with Gasteiger partial charge < -0.3 is 10.2 Å². The van der Waals surface area contributed by atoms with E-state index < -0.39 is 23.4 Å². The smallest absolute Gasteiger partial charge is 0.316 e. The van der Waals surface area contributed by atoms with Crippen LogP contribution < -0.4 is 10.2 Å². The van der Waals surface area contributed by atoms with Gasteiger partial charge in [0.05, 0.1) is 0 Å². The van der Waals surface area contributed by atoms with Crippen molar-refractivity contribution < 1.29 is 18.4 Å². The number of anilines is 2. The molecule has 1 heterocycles. The fourth-order valence-electron chi connectivity index (χ4n) is 2.74. The van der Waals surface area contributed by atoms with E-state index in [1.165, 1.54) is 11.0 Å². The molecule has 0 aliphatic carbocycles. The Labute approximate surface area is 131 Å². The van der Waals surface area contributed by atoms with Crippen molar-refractivity contribution in [3.05, 3.63) is 59.7 Å². The fourth-order valence-corrected chi connectivity index (χ4v) is 2.74. The number of amides is 2. The standard InChI is InChI=1S/C17H14F2N2O2/c1-10-8-11-4-2-3-5-15(11)21(10)17(23)16(22)20-12-6-7-13(18)14(19)9-12/h2-7,9-10H,8H2,1H3,(H,20,22). The molecule has 0 radical (unpaired) electrons. The molecule has 0 spiro atoms. The van der Waals surface area contributed by atoms with Crippen LogP contribution >= 0.6 is 0 Å². The summed E-state index contributed by atoms with van der Waals surface area (Å²) in [6.07, 6.45) is 0.667. The van der Waals surface area contributed by atoms with Gasteiger partial charge in [-0.1, -0.05) is 18.2 Å². The Balaban J connectivity index is 1.80. The van der Waals surface area contributed by atoms with E-state index in [0.29, 0.717) is 12.1 Å². The number of carbonyl (C=O) groups excluding carboxylic acids is 2.